The fourth-order valence-corrected chi connectivity index (χ4v) is 4.72. The highest BCUT2D eigenvalue weighted by Crippen LogP contribution is 2.44. The van der Waals surface area contributed by atoms with Crippen molar-refractivity contribution < 1.29 is 0 Å². The SMILES string of the molecule is CCC(C1=Cc2ccccc2C1)c1cccc2c1Cc1ccccc1-2. The van der Waals surface area contributed by atoms with Crippen LogP contribution in [-0.4, -0.2) is 0 Å². The first-order chi connectivity index (χ1) is 12.3. The molecule has 3 aromatic rings. The van der Waals surface area contributed by atoms with Crippen molar-refractivity contribution in [3.63, 3.8) is 0 Å². The van der Waals surface area contributed by atoms with Crippen LogP contribution in [0.4, 0.5) is 0 Å². The molecule has 0 saturated carbocycles. The summed E-state index contributed by atoms with van der Waals surface area (Å²) in [6.45, 7) is 2.33. The fraction of sp³-hybridized carbons (Fsp3) is 0.200. The zero-order valence-corrected chi connectivity index (χ0v) is 14.6. The Hall–Kier alpha value is -2.60. The number of allylic oxidation sites excluding steroid dienone is 1. The van der Waals surface area contributed by atoms with Crippen LogP contribution < -0.4 is 0 Å². The van der Waals surface area contributed by atoms with E-state index in [4.69, 9.17) is 0 Å². The minimum absolute atomic E-state index is 0.525. The second-order valence-corrected chi connectivity index (χ2v) is 7.26. The summed E-state index contributed by atoms with van der Waals surface area (Å²) < 4.78 is 0. The molecule has 3 aromatic carbocycles. The van der Waals surface area contributed by atoms with E-state index in [0.717, 1.165) is 19.3 Å². The molecule has 122 valence electrons. The zero-order valence-electron chi connectivity index (χ0n) is 14.6. The molecule has 1 unspecified atom stereocenters. The van der Waals surface area contributed by atoms with E-state index >= 15 is 0 Å². The molecule has 0 aromatic heterocycles. The van der Waals surface area contributed by atoms with E-state index in [2.05, 4.69) is 79.7 Å². The van der Waals surface area contributed by atoms with Crippen LogP contribution in [0.5, 0.6) is 0 Å². The number of rotatable bonds is 3. The van der Waals surface area contributed by atoms with Crippen LogP contribution in [0.15, 0.2) is 72.3 Å². The summed E-state index contributed by atoms with van der Waals surface area (Å²) in [7, 11) is 0. The molecular formula is C25H22. The molecule has 0 spiro atoms. The molecule has 2 aliphatic rings. The van der Waals surface area contributed by atoms with Crippen LogP contribution in [-0.2, 0) is 12.8 Å². The smallest absolute Gasteiger partial charge is 0.00552 e. The summed E-state index contributed by atoms with van der Waals surface area (Å²) in [6, 6.07) is 24.6. The second kappa shape index (κ2) is 5.74. The number of benzene rings is 3. The van der Waals surface area contributed by atoms with E-state index in [1.54, 1.807) is 11.1 Å². The highest BCUT2D eigenvalue weighted by molar-refractivity contribution is 5.78. The van der Waals surface area contributed by atoms with Gasteiger partial charge >= 0.3 is 0 Å². The van der Waals surface area contributed by atoms with Crippen molar-refractivity contribution >= 4 is 6.08 Å². The molecule has 0 N–H and O–H groups in total. The summed E-state index contributed by atoms with van der Waals surface area (Å²) in [5.74, 6) is 0.525. The molecule has 25 heavy (non-hydrogen) atoms. The lowest BCUT2D eigenvalue weighted by Crippen LogP contribution is -2.05. The van der Waals surface area contributed by atoms with Crippen molar-refractivity contribution in [1.82, 2.24) is 0 Å². The Balaban J connectivity index is 1.58. The standard InChI is InChI=1S/C25H22/c1-2-21(20-14-17-8-3-4-9-18(17)15-20)23-12-7-13-24-22-11-6-5-10-19(22)16-25(23)24/h3-14,21H,2,15-16H2,1H3. The second-order valence-electron chi connectivity index (χ2n) is 7.26. The first-order valence-electron chi connectivity index (χ1n) is 9.33. The van der Waals surface area contributed by atoms with E-state index in [-0.39, 0.29) is 0 Å². The van der Waals surface area contributed by atoms with Gasteiger partial charge < -0.3 is 0 Å². The third-order valence-corrected chi connectivity index (χ3v) is 5.91. The highest BCUT2D eigenvalue weighted by Gasteiger charge is 2.27. The van der Waals surface area contributed by atoms with Crippen molar-refractivity contribution in [3.8, 4) is 11.1 Å². The lowest BCUT2D eigenvalue weighted by atomic mass is 9.83. The van der Waals surface area contributed by atoms with Gasteiger partial charge in [-0.05, 0) is 58.2 Å². The van der Waals surface area contributed by atoms with E-state index in [1.807, 2.05) is 0 Å². The van der Waals surface area contributed by atoms with Crippen LogP contribution in [0.25, 0.3) is 17.2 Å². The molecular weight excluding hydrogens is 300 g/mol. The van der Waals surface area contributed by atoms with Gasteiger partial charge in [-0.3, -0.25) is 0 Å². The fourth-order valence-electron chi connectivity index (χ4n) is 4.72. The van der Waals surface area contributed by atoms with Crippen LogP contribution in [0, 0.1) is 0 Å². The van der Waals surface area contributed by atoms with Gasteiger partial charge in [0.15, 0.2) is 0 Å². The van der Waals surface area contributed by atoms with Gasteiger partial charge in [0.1, 0.15) is 0 Å². The Morgan fingerprint density at radius 1 is 0.760 bits per heavy atom. The summed E-state index contributed by atoms with van der Waals surface area (Å²) in [4.78, 5) is 0. The van der Waals surface area contributed by atoms with Gasteiger partial charge in [-0.15, -0.1) is 0 Å². The Kier molecular flexibility index (Phi) is 3.38. The van der Waals surface area contributed by atoms with Gasteiger partial charge in [0.2, 0.25) is 0 Å². The Morgan fingerprint density at radius 3 is 2.36 bits per heavy atom. The first-order valence-corrected chi connectivity index (χ1v) is 9.33. The van der Waals surface area contributed by atoms with Crippen molar-refractivity contribution in [3.05, 3.63) is 100 Å². The van der Waals surface area contributed by atoms with Gasteiger partial charge in [-0.1, -0.05) is 85.3 Å². The van der Waals surface area contributed by atoms with Crippen LogP contribution in [0.1, 0.15) is 47.1 Å². The monoisotopic (exact) mass is 322 g/mol. The Morgan fingerprint density at radius 2 is 1.52 bits per heavy atom. The Bertz CT molecular complexity index is 990. The van der Waals surface area contributed by atoms with Crippen molar-refractivity contribution in [2.75, 3.05) is 0 Å². The molecule has 0 radical (unpaired) electrons. The molecule has 0 saturated heterocycles. The van der Waals surface area contributed by atoms with E-state index in [0.29, 0.717) is 5.92 Å². The number of hydrogen-bond acceptors (Lipinski definition) is 0. The molecule has 0 amide bonds. The molecule has 0 aliphatic heterocycles. The topological polar surface area (TPSA) is 0 Å². The molecule has 2 aliphatic carbocycles. The molecule has 1 atom stereocenters. The van der Waals surface area contributed by atoms with Crippen LogP contribution in [0.2, 0.25) is 0 Å². The molecule has 0 heterocycles. The van der Waals surface area contributed by atoms with Crippen LogP contribution in [0.3, 0.4) is 0 Å². The lowest BCUT2D eigenvalue weighted by Gasteiger charge is -2.21. The van der Waals surface area contributed by atoms with Gasteiger partial charge in [0.05, 0.1) is 0 Å². The molecule has 0 fully saturated rings. The average Bonchev–Trinajstić information content (AvgIpc) is 3.24. The van der Waals surface area contributed by atoms with E-state index in [9.17, 15) is 0 Å². The van der Waals surface area contributed by atoms with E-state index < -0.39 is 0 Å². The molecule has 0 heteroatoms. The number of hydrogen-bond donors (Lipinski definition) is 0. The van der Waals surface area contributed by atoms with Gasteiger partial charge in [-0.2, -0.15) is 0 Å². The summed E-state index contributed by atoms with van der Waals surface area (Å²) >= 11 is 0. The van der Waals surface area contributed by atoms with Crippen LogP contribution >= 0.6 is 0 Å². The maximum Gasteiger partial charge on any atom is 0.00552 e. The zero-order chi connectivity index (χ0) is 16.8. The van der Waals surface area contributed by atoms with Crippen molar-refractivity contribution in [2.45, 2.75) is 32.1 Å². The Labute approximate surface area is 149 Å². The minimum atomic E-state index is 0.525. The predicted octanol–water partition coefficient (Wildman–Crippen LogP) is 6.39. The maximum atomic E-state index is 2.44. The normalized spacial score (nSPS) is 15.3. The largest absolute Gasteiger partial charge is 0.0645 e. The first kappa shape index (κ1) is 14.7. The van der Waals surface area contributed by atoms with Gasteiger partial charge in [-0.25, -0.2) is 0 Å². The molecule has 0 bridgehead atoms. The summed E-state index contributed by atoms with van der Waals surface area (Å²) in [5.41, 5.74) is 11.9. The van der Waals surface area contributed by atoms with E-state index in [1.165, 1.54) is 33.4 Å². The van der Waals surface area contributed by atoms with Crippen molar-refractivity contribution in [1.29, 1.82) is 0 Å². The van der Waals surface area contributed by atoms with Crippen molar-refractivity contribution in [2.24, 2.45) is 0 Å². The minimum Gasteiger partial charge on any atom is -0.0645 e. The quantitative estimate of drug-likeness (QED) is 0.410. The summed E-state index contributed by atoms with van der Waals surface area (Å²) in [5, 5.41) is 0. The third-order valence-electron chi connectivity index (χ3n) is 5.91. The van der Waals surface area contributed by atoms with Gasteiger partial charge in [0.25, 0.3) is 0 Å². The predicted molar refractivity (Wildman–Crippen MR) is 106 cm³/mol. The van der Waals surface area contributed by atoms with Gasteiger partial charge in [0, 0.05) is 5.92 Å². The average molecular weight is 322 g/mol. The third kappa shape index (κ3) is 2.28. The molecule has 0 nitrogen and oxygen atoms in total. The molecule has 5 rings (SSSR count). The summed E-state index contributed by atoms with van der Waals surface area (Å²) in [6.07, 6.45) is 5.78. The lowest BCUT2D eigenvalue weighted by molar-refractivity contribution is 0.741. The highest BCUT2D eigenvalue weighted by atomic mass is 14.3. The maximum absolute atomic E-state index is 2.44. The number of fused-ring (bicyclic) bond motifs is 4.